The van der Waals surface area contributed by atoms with Gasteiger partial charge >= 0.3 is 0 Å². The van der Waals surface area contributed by atoms with Crippen LogP contribution >= 0.6 is 0 Å². The minimum absolute atomic E-state index is 0.0862. The van der Waals surface area contributed by atoms with E-state index in [2.05, 4.69) is 22.5 Å². The molecular weight excluding hydrogens is 266 g/mol. The van der Waals surface area contributed by atoms with Crippen LogP contribution < -0.4 is 20.1 Å². The van der Waals surface area contributed by atoms with Crippen molar-refractivity contribution in [3.63, 3.8) is 0 Å². The Morgan fingerprint density at radius 1 is 1.19 bits per heavy atom. The number of fused-ring (bicyclic) bond motifs is 2. The average molecular weight is 285 g/mol. The van der Waals surface area contributed by atoms with Crippen molar-refractivity contribution in [1.29, 1.82) is 0 Å². The minimum atomic E-state index is 0.0862. The predicted molar refractivity (Wildman–Crippen MR) is 82.0 cm³/mol. The molecule has 0 spiro atoms. The van der Waals surface area contributed by atoms with E-state index in [0.717, 1.165) is 54.0 Å². The van der Waals surface area contributed by atoms with E-state index in [1.165, 1.54) is 0 Å². The number of rotatable bonds is 2. The minimum Gasteiger partial charge on any atom is -0.454 e. The third-order valence-corrected chi connectivity index (χ3v) is 4.38. The number of aromatic nitrogens is 1. The number of nitrogens with zero attached hydrogens (tertiary/aromatic N) is 1. The third-order valence-electron chi connectivity index (χ3n) is 4.38. The lowest BCUT2D eigenvalue weighted by molar-refractivity contribution is 0.174. The number of benzene rings is 1. The molecule has 0 unspecified atom stereocenters. The van der Waals surface area contributed by atoms with Crippen LogP contribution in [-0.4, -0.2) is 30.4 Å². The van der Waals surface area contributed by atoms with Crippen LogP contribution in [0.15, 0.2) is 24.4 Å². The van der Waals surface area contributed by atoms with E-state index in [1.54, 1.807) is 0 Å². The van der Waals surface area contributed by atoms with E-state index in [0.29, 0.717) is 6.79 Å². The lowest BCUT2D eigenvalue weighted by Gasteiger charge is -2.35. The highest BCUT2D eigenvalue weighted by Gasteiger charge is 2.27. The second-order valence-electron chi connectivity index (χ2n) is 6.02. The van der Waals surface area contributed by atoms with Gasteiger partial charge in [0.15, 0.2) is 11.5 Å². The van der Waals surface area contributed by atoms with Crippen molar-refractivity contribution in [2.75, 3.05) is 25.2 Å². The van der Waals surface area contributed by atoms with Gasteiger partial charge in [-0.1, -0.05) is 0 Å². The van der Waals surface area contributed by atoms with E-state index in [9.17, 15) is 0 Å². The maximum Gasteiger partial charge on any atom is 0.231 e. The number of hydrogen-bond acceptors (Lipinski definition) is 5. The molecule has 0 aliphatic carbocycles. The van der Waals surface area contributed by atoms with Crippen molar-refractivity contribution in [1.82, 2.24) is 10.3 Å². The van der Waals surface area contributed by atoms with E-state index >= 15 is 0 Å². The molecule has 21 heavy (non-hydrogen) atoms. The molecule has 1 saturated heterocycles. The standard InChI is InChI=1S/C16H19N3O2/c1-16(3-6-17-7-4-16)19-15-12-9-14-13(20-10-21-14)8-11(12)2-5-18-15/h2,5,8-9,17H,3-4,6-7,10H2,1H3,(H,18,19). The summed E-state index contributed by atoms with van der Waals surface area (Å²) in [7, 11) is 0. The molecule has 1 fully saturated rings. The highest BCUT2D eigenvalue weighted by molar-refractivity contribution is 5.94. The van der Waals surface area contributed by atoms with Gasteiger partial charge in [0.2, 0.25) is 6.79 Å². The van der Waals surface area contributed by atoms with Crippen LogP contribution in [0.5, 0.6) is 11.5 Å². The molecular formula is C16H19N3O2. The zero-order valence-corrected chi connectivity index (χ0v) is 12.1. The van der Waals surface area contributed by atoms with E-state index in [-0.39, 0.29) is 5.54 Å². The highest BCUT2D eigenvalue weighted by atomic mass is 16.7. The first-order valence-electron chi connectivity index (χ1n) is 7.41. The maximum absolute atomic E-state index is 5.49. The quantitative estimate of drug-likeness (QED) is 0.888. The number of anilines is 1. The Balaban J connectivity index is 1.74. The van der Waals surface area contributed by atoms with Crippen LogP contribution in [-0.2, 0) is 0 Å². The first kappa shape index (κ1) is 12.7. The second-order valence-corrected chi connectivity index (χ2v) is 6.02. The Morgan fingerprint density at radius 2 is 1.95 bits per heavy atom. The Labute approximate surface area is 123 Å². The fourth-order valence-corrected chi connectivity index (χ4v) is 3.05. The number of pyridine rings is 1. The molecule has 0 saturated carbocycles. The van der Waals surface area contributed by atoms with E-state index < -0.39 is 0 Å². The van der Waals surface area contributed by atoms with Crippen LogP contribution in [0.25, 0.3) is 10.8 Å². The monoisotopic (exact) mass is 285 g/mol. The summed E-state index contributed by atoms with van der Waals surface area (Å²) in [6, 6.07) is 6.06. The van der Waals surface area contributed by atoms with E-state index in [4.69, 9.17) is 9.47 Å². The fourth-order valence-electron chi connectivity index (χ4n) is 3.05. The molecule has 4 rings (SSSR count). The number of hydrogen-bond donors (Lipinski definition) is 2. The largest absolute Gasteiger partial charge is 0.454 e. The summed E-state index contributed by atoms with van der Waals surface area (Å²) in [6.07, 6.45) is 4.03. The molecule has 2 N–H and O–H groups in total. The van der Waals surface area contributed by atoms with Crippen LogP contribution in [0, 0.1) is 0 Å². The van der Waals surface area contributed by atoms with Crippen molar-refractivity contribution in [2.24, 2.45) is 0 Å². The van der Waals surface area contributed by atoms with Gasteiger partial charge in [-0.3, -0.25) is 0 Å². The molecule has 0 bridgehead atoms. The van der Waals surface area contributed by atoms with Crippen LogP contribution in [0.1, 0.15) is 19.8 Å². The first-order chi connectivity index (χ1) is 10.2. The van der Waals surface area contributed by atoms with Crippen molar-refractivity contribution in [3.8, 4) is 11.5 Å². The normalized spacial score (nSPS) is 19.7. The van der Waals surface area contributed by atoms with Gasteiger partial charge in [-0.05, 0) is 56.4 Å². The SMILES string of the molecule is CC1(Nc2nccc3cc4c(cc23)OCO4)CCNCC1. The summed E-state index contributed by atoms with van der Waals surface area (Å²) in [4.78, 5) is 4.54. The summed E-state index contributed by atoms with van der Waals surface area (Å²) in [5.41, 5.74) is 0.0862. The molecule has 5 heteroatoms. The first-order valence-corrected chi connectivity index (χ1v) is 7.41. The summed E-state index contributed by atoms with van der Waals surface area (Å²) in [5, 5.41) is 9.25. The molecule has 0 amide bonds. The van der Waals surface area contributed by atoms with Gasteiger partial charge in [-0.15, -0.1) is 0 Å². The second kappa shape index (κ2) is 4.77. The third kappa shape index (κ3) is 2.27. The number of ether oxygens (including phenoxy) is 2. The summed E-state index contributed by atoms with van der Waals surface area (Å²) >= 11 is 0. The number of nitrogens with one attached hydrogen (secondary N) is 2. The molecule has 0 radical (unpaired) electrons. The van der Waals surface area contributed by atoms with E-state index in [1.807, 2.05) is 24.4 Å². The molecule has 1 aromatic heterocycles. The lowest BCUT2D eigenvalue weighted by atomic mass is 9.90. The summed E-state index contributed by atoms with van der Waals surface area (Å²) < 4.78 is 10.9. The van der Waals surface area contributed by atoms with Crippen molar-refractivity contribution in [2.45, 2.75) is 25.3 Å². The average Bonchev–Trinajstić information content (AvgIpc) is 2.93. The fraction of sp³-hybridized carbons (Fsp3) is 0.438. The van der Waals surface area contributed by atoms with Gasteiger partial charge in [-0.25, -0.2) is 4.98 Å². The van der Waals surface area contributed by atoms with Gasteiger partial charge in [-0.2, -0.15) is 0 Å². The van der Waals surface area contributed by atoms with Crippen molar-refractivity contribution in [3.05, 3.63) is 24.4 Å². The molecule has 0 atom stereocenters. The molecule has 5 nitrogen and oxygen atoms in total. The zero-order chi connectivity index (χ0) is 14.3. The molecule has 3 heterocycles. The van der Waals surface area contributed by atoms with Gasteiger partial charge in [0.25, 0.3) is 0 Å². The Bertz CT molecular complexity index is 681. The Morgan fingerprint density at radius 3 is 2.76 bits per heavy atom. The summed E-state index contributed by atoms with van der Waals surface area (Å²) in [6.45, 7) is 4.65. The van der Waals surface area contributed by atoms with Crippen LogP contribution in [0.2, 0.25) is 0 Å². The smallest absolute Gasteiger partial charge is 0.231 e. The Hall–Kier alpha value is -2.01. The van der Waals surface area contributed by atoms with Crippen molar-refractivity contribution >= 4 is 16.6 Å². The highest BCUT2D eigenvalue weighted by Crippen LogP contribution is 2.38. The number of piperidine rings is 1. The molecule has 110 valence electrons. The van der Waals surface area contributed by atoms with Crippen LogP contribution in [0.3, 0.4) is 0 Å². The predicted octanol–water partition coefficient (Wildman–Crippen LogP) is 2.52. The zero-order valence-electron chi connectivity index (χ0n) is 12.1. The molecule has 2 aromatic rings. The Kier molecular flexibility index (Phi) is 2.89. The lowest BCUT2D eigenvalue weighted by Crippen LogP contribution is -2.45. The summed E-state index contributed by atoms with van der Waals surface area (Å²) in [5.74, 6) is 2.54. The van der Waals surface area contributed by atoms with Gasteiger partial charge in [0.05, 0.1) is 0 Å². The van der Waals surface area contributed by atoms with Gasteiger partial charge in [0, 0.05) is 17.1 Å². The maximum atomic E-state index is 5.49. The van der Waals surface area contributed by atoms with Crippen LogP contribution in [0.4, 0.5) is 5.82 Å². The van der Waals surface area contributed by atoms with Gasteiger partial charge < -0.3 is 20.1 Å². The topological polar surface area (TPSA) is 55.4 Å². The molecule has 1 aromatic carbocycles. The molecule has 2 aliphatic heterocycles. The van der Waals surface area contributed by atoms with Crippen molar-refractivity contribution < 1.29 is 9.47 Å². The molecule has 2 aliphatic rings. The van der Waals surface area contributed by atoms with Gasteiger partial charge in [0.1, 0.15) is 5.82 Å².